The molecule has 2 rings (SSSR count). The van der Waals surface area contributed by atoms with Crippen molar-refractivity contribution in [3.63, 3.8) is 0 Å². The highest BCUT2D eigenvalue weighted by Crippen LogP contribution is 2.22. The normalized spacial score (nSPS) is 9.91. The van der Waals surface area contributed by atoms with E-state index in [2.05, 4.69) is 6.07 Å². The molecule has 0 unspecified atom stereocenters. The van der Waals surface area contributed by atoms with Gasteiger partial charge in [-0.25, -0.2) is 0 Å². The summed E-state index contributed by atoms with van der Waals surface area (Å²) in [4.78, 5) is 12.8. The SMILES string of the molecule is COc1ccc(SCCC(=O)OCc2ccc(C#N)cc2)cc1. The van der Waals surface area contributed by atoms with Gasteiger partial charge >= 0.3 is 5.97 Å². The average Bonchev–Trinajstić information content (AvgIpc) is 2.61. The standard InChI is InChI=1S/C18H17NO3S/c1-21-16-6-8-17(9-7-16)23-11-10-18(20)22-13-15-4-2-14(12-19)3-5-15/h2-9H,10-11,13H2,1H3. The van der Waals surface area contributed by atoms with E-state index in [1.807, 2.05) is 24.3 Å². The van der Waals surface area contributed by atoms with Crippen LogP contribution in [0, 0.1) is 11.3 Å². The van der Waals surface area contributed by atoms with Crippen molar-refractivity contribution in [2.24, 2.45) is 0 Å². The molecule has 0 saturated heterocycles. The smallest absolute Gasteiger partial charge is 0.306 e. The van der Waals surface area contributed by atoms with E-state index in [0.717, 1.165) is 16.2 Å². The van der Waals surface area contributed by atoms with Gasteiger partial charge < -0.3 is 9.47 Å². The van der Waals surface area contributed by atoms with Crippen molar-refractivity contribution in [2.45, 2.75) is 17.9 Å². The Morgan fingerprint density at radius 3 is 2.43 bits per heavy atom. The van der Waals surface area contributed by atoms with Gasteiger partial charge in [0.2, 0.25) is 0 Å². The molecular formula is C18H17NO3S. The van der Waals surface area contributed by atoms with Gasteiger partial charge in [-0.2, -0.15) is 5.26 Å². The summed E-state index contributed by atoms with van der Waals surface area (Å²) in [6.45, 7) is 0.234. The summed E-state index contributed by atoms with van der Waals surface area (Å²) >= 11 is 1.60. The second kappa shape index (κ2) is 8.86. The Morgan fingerprint density at radius 1 is 1.13 bits per heavy atom. The Balaban J connectivity index is 1.69. The fraction of sp³-hybridized carbons (Fsp3) is 0.222. The number of nitriles is 1. The number of ether oxygens (including phenoxy) is 2. The van der Waals surface area contributed by atoms with Gasteiger partial charge in [0.25, 0.3) is 0 Å². The number of benzene rings is 2. The molecule has 0 spiro atoms. The minimum absolute atomic E-state index is 0.227. The first-order valence-corrected chi connectivity index (χ1v) is 8.11. The third-order valence-corrected chi connectivity index (χ3v) is 4.13. The van der Waals surface area contributed by atoms with Crippen LogP contribution in [0.3, 0.4) is 0 Å². The lowest BCUT2D eigenvalue weighted by Gasteiger charge is -2.06. The number of thioether (sulfide) groups is 1. The van der Waals surface area contributed by atoms with Crippen molar-refractivity contribution >= 4 is 17.7 Å². The second-order valence-corrected chi connectivity index (χ2v) is 5.91. The summed E-state index contributed by atoms with van der Waals surface area (Å²) < 4.78 is 10.3. The molecule has 0 aliphatic heterocycles. The van der Waals surface area contributed by atoms with Gasteiger partial charge in [-0.3, -0.25) is 4.79 Å². The van der Waals surface area contributed by atoms with Crippen molar-refractivity contribution in [2.75, 3.05) is 12.9 Å². The molecule has 2 aromatic rings. The van der Waals surface area contributed by atoms with E-state index in [1.165, 1.54) is 0 Å². The minimum atomic E-state index is -0.227. The van der Waals surface area contributed by atoms with Crippen molar-refractivity contribution in [3.8, 4) is 11.8 Å². The highest BCUT2D eigenvalue weighted by atomic mass is 32.2. The third-order valence-electron chi connectivity index (χ3n) is 3.12. The molecule has 0 amide bonds. The summed E-state index contributed by atoms with van der Waals surface area (Å²) in [5.41, 5.74) is 1.47. The first kappa shape index (κ1) is 16.9. The lowest BCUT2D eigenvalue weighted by atomic mass is 10.2. The van der Waals surface area contributed by atoms with Crippen molar-refractivity contribution in [1.82, 2.24) is 0 Å². The fourth-order valence-corrected chi connectivity index (χ4v) is 2.67. The maximum atomic E-state index is 11.7. The quantitative estimate of drug-likeness (QED) is 0.572. The molecule has 2 aromatic carbocycles. The molecule has 0 aliphatic rings. The Labute approximate surface area is 140 Å². The molecule has 0 heterocycles. The first-order valence-electron chi connectivity index (χ1n) is 7.13. The van der Waals surface area contributed by atoms with Crippen LogP contribution in [0.15, 0.2) is 53.4 Å². The van der Waals surface area contributed by atoms with E-state index in [0.29, 0.717) is 17.7 Å². The molecule has 0 atom stereocenters. The largest absolute Gasteiger partial charge is 0.497 e. The van der Waals surface area contributed by atoms with Crippen LogP contribution in [0.1, 0.15) is 17.5 Å². The lowest BCUT2D eigenvalue weighted by molar-refractivity contribution is -0.144. The lowest BCUT2D eigenvalue weighted by Crippen LogP contribution is -2.05. The topological polar surface area (TPSA) is 59.3 Å². The van der Waals surface area contributed by atoms with E-state index < -0.39 is 0 Å². The number of carbonyl (C=O) groups excluding carboxylic acids is 1. The zero-order chi connectivity index (χ0) is 16.5. The zero-order valence-corrected chi connectivity index (χ0v) is 13.6. The highest BCUT2D eigenvalue weighted by molar-refractivity contribution is 7.99. The molecule has 0 bridgehead atoms. The summed E-state index contributed by atoms with van der Waals surface area (Å²) in [5, 5.41) is 8.72. The van der Waals surface area contributed by atoms with Gasteiger partial charge in [0.15, 0.2) is 0 Å². The van der Waals surface area contributed by atoms with Crippen LogP contribution in [0.2, 0.25) is 0 Å². The number of nitrogens with zero attached hydrogens (tertiary/aromatic N) is 1. The van der Waals surface area contributed by atoms with E-state index in [9.17, 15) is 4.79 Å². The van der Waals surface area contributed by atoms with Crippen LogP contribution in [-0.4, -0.2) is 18.8 Å². The fourth-order valence-electron chi connectivity index (χ4n) is 1.84. The number of esters is 1. The molecule has 0 N–H and O–H groups in total. The molecular weight excluding hydrogens is 310 g/mol. The van der Waals surface area contributed by atoms with E-state index >= 15 is 0 Å². The first-order chi connectivity index (χ1) is 11.2. The van der Waals surface area contributed by atoms with Crippen LogP contribution < -0.4 is 4.74 Å². The summed E-state index contributed by atoms with van der Waals surface area (Å²) in [5.74, 6) is 1.25. The van der Waals surface area contributed by atoms with Gasteiger partial charge in [-0.05, 0) is 42.0 Å². The Bertz CT molecular complexity index is 675. The average molecular weight is 327 g/mol. The van der Waals surface area contributed by atoms with Gasteiger partial charge in [0.05, 0.1) is 25.2 Å². The Morgan fingerprint density at radius 2 is 1.83 bits per heavy atom. The maximum absolute atomic E-state index is 11.7. The number of carbonyl (C=O) groups is 1. The van der Waals surface area contributed by atoms with Crippen LogP contribution in [0.5, 0.6) is 5.75 Å². The molecule has 0 fully saturated rings. The van der Waals surface area contributed by atoms with E-state index in [4.69, 9.17) is 14.7 Å². The number of hydrogen-bond acceptors (Lipinski definition) is 5. The molecule has 0 radical (unpaired) electrons. The van der Waals surface area contributed by atoms with Gasteiger partial charge in [0, 0.05) is 10.6 Å². The van der Waals surface area contributed by atoms with Crippen LogP contribution >= 0.6 is 11.8 Å². The molecule has 118 valence electrons. The van der Waals surface area contributed by atoms with Crippen LogP contribution in [0.4, 0.5) is 0 Å². The summed E-state index contributed by atoms with van der Waals surface area (Å²) in [6.07, 6.45) is 0.354. The Kier molecular flexibility index (Phi) is 6.52. The second-order valence-electron chi connectivity index (χ2n) is 4.74. The number of rotatable bonds is 7. The number of methoxy groups -OCH3 is 1. The third kappa shape index (κ3) is 5.68. The minimum Gasteiger partial charge on any atom is -0.497 e. The van der Waals surface area contributed by atoms with Crippen molar-refractivity contribution < 1.29 is 14.3 Å². The van der Waals surface area contributed by atoms with Crippen LogP contribution in [-0.2, 0) is 16.1 Å². The van der Waals surface area contributed by atoms with Crippen LogP contribution in [0.25, 0.3) is 0 Å². The molecule has 4 nitrogen and oxygen atoms in total. The molecule has 0 aliphatic carbocycles. The maximum Gasteiger partial charge on any atom is 0.306 e. The van der Waals surface area contributed by atoms with Crippen molar-refractivity contribution in [1.29, 1.82) is 5.26 Å². The monoisotopic (exact) mass is 327 g/mol. The Hall–Kier alpha value is -2.45. The molecule has 5 heteroatoms. The predicted molar refractivity (Wildman–Crippen MR) is 89.3 cm³/mol. The summed E-state index contributed by atoms with van der Waals surface area (Å²) in [7, 11) is 1.63. The van der Waals surface area contributed by atoms with Gasteiger partial charge in [0.1, 0.15) is 12.4 Å². The van der Waals surface area contributed by atoms with Crippen molar-refractivity contribution in [3.05, 3.63) is 59.7 Å². The molecule has 0 aromatic heterocycles. The van der Waals surface area contributed by atoms with Gasteiger partial charge in [-0.1, -0.05) is 12.1 Å². The highest BCUT2D eigenvalue weighted by Gasteiger charge is 2.04. The van der Waals surface area contributed by atoms with E-state index in [-0.39, 0.29) is 12.6 Å². The molecule has 23 heavy (non-hydrogen) atoms. The number of hydrogen-bond donors (Lipinski definition) is 0. The zero-order valence-electron chi connectivity index (χ0n) is 12.8. The van der Waals surface area contributed by atoms with E-state index in [1.54, 1.807) is 43.1 Å². The van der Waals surface area contributed by atoms with Gasteiger partial charge in [-0.15, -0.1) is 11.8 Å². The summed E-state index contributed by atoms with van der Waals surface area (Å²) in [6, 6.07) is 16.8. The predicted octanol–water partition coefficient (Wildman–Crippen LogP) is 3.79. The molecule has 0 saturated carbocycles.